The Bertz CT molecular complexity index is 910. The molecule has 0 aliphatic carbocycles. The molecule has 3 rings (SSSR count). The molecule has 2 aliphatic heterocycles. The number of carboxylic acid groups (broad SMARTS) is 2. The maximum absolute atomic E-state index is 12.8. The van der Waals surface area contributed by atoms with Crippen LogP contribution in [-0.2, 0) is 19.2 Å². The quantitative estimate of drug-likeness (QED) is 0.579. The van der Waals surface area contributed by atoms with Gasteiger partial charge in [0.05, 0.1) is 22.6 Å². The molecule has 0 spiro atoms. The van der Waals surface area contributed by atoms with Gasteiger partial charge >= 0.3 is 11.9 Å². The summed E-state index contributed by atoms with van der Waals surface area (Å²) in [5, 5.41) is 18.2. The van der Waals surface area contributed by atoms with E-state index in [4.69, 9.17) is 17.3 Å². The number of carbonyl (C=O) groups excluding carboxylic acids is 2. The summed E-state index contributed by atoms with van der Waals surface area (Å²) in [5.41, 5.74) is 1.31. The molecule has 1 aromatic carbocycles. The highest BCUT2D eigenvalue weighted by molar-refractivity contribution is 8.26. The topological polar surface area (TPSA) is 115 Å². The molecule has 10 heteroatoms. The predicted octanol–water partition coefficient (Wildman–Crippen LogP) is 1.16. The second kappa shape index (κ2) is 6.54. The van der Waals surface area contributed by atoms with E-state index in [9.17, 15) is 24.3 Å². The molecular formula is C16H12N2O6S2. The minimum atomic E-state index is -1.64. The molecular weight excluding hydrogens is 380 g/mol. The van der Waals surface area contributed by atoms with Crippen LogP contribution in [0.15, 0.2) is 29.2 Å². The number of anilines is 1. The van der Waals surface area contributed by atoms with Crippen molar-refractivity contribution in [2.24, 2.45) is 0 Å². The van der Waals surface area contributed by atoms with Crippen molar-refractivity contribution in [1.29, 1.82) is 0 Å². The number of hydrogen-bond acceptors (Lipinski definition) is 6. The van der Waals surface area contributed by atoms with Crippen LogP contribution in [0.2, 0.25) is 0 Å². The number of benzene rings is 1. The zero-order chi connectivity index (χ0) is 19.2. The second-order valence-corrected chi connectivity index (χ2v) is 7.22. The number of carbonyl (C=O) groups is 4. The summed E-state index contributed by atoms with van der Waals surface area (Å²) in [7, 11) is 1.57. The smallest absolute Gasteiger partial charge is 0.327 e. The van der Waals surface area contributed by atoms with Crippen LogP contribution in [0.5, 0.6) is 0 Å². The monoisotopic (exact) mass is 392 g/mol. The zero-order valence-electron chi connectivity index (χ0n) is 13.3. The Morgan fingerprint density at radius 1 is 1.19 bits per heavy atom. The molecule has 1 aromatic rings. The molecule has 0 saturated carbocycles. The van der Waals surface area contributed by atoms with E-state index in [1.54, 1.807) is 31.3 Å². The number of thiocarbonyl (C=S) groups is 1. The van der Waals surface area contributed by atoms with Crippen molar-refractivity contribution in [3.8, 4) is 0 Å². The fourth-order valence-corrected chi connectivity index (χ4v) is 4.27. The average molecular weight is 392 g/mol. The van der Waals surface area contributed by atoms with Gasteiger partial charge in [-0.3, -0.25) is 19.3 Å². The van der Waals surface area contributed by atoms with Gasteiger partial charge in [-0.25, -0.2) is 4.79 Å². The molecule has 26 heavy (non-hydrogen) atoms. The van der Waals surface area contributed by atoms with E-state index in [1.165, 1.54) is 4.90 Å². The third-order valence-electron chi connectivity index (χ3n) is 4.04. The first-order valence-corrected chi connectivity index (χ1v) is 8.58. The summed E-state index contributed by atoms with van der Waals surface area (Å²) >= 11 is 5.90. The number of hydrogen-bond donors (Lipinski definition) is 2. The number of likely N-dealkylation sites (N-methyl/N-ethyl adjacent to an activating group) is 1. The molecule has 1 unspecified atom stereocenters. The maximum atomic E-state index is 12.8. The largest absolute Gasteiger partial charge is 0.481 e. The van der Waals surface area contributed by atoms with Crippen molar-refractivity contribution in [2.45, 2.75) is 12.5 Å². The number of nitrogens with zero attached hydrogens (tertiary/aromatic N) is 2. The fraction of sp³-hybridized carbons (Fsp3) is 0.188. The Morgan fingerprint density at radius 2 is 1.85 bits per heavy atom. The van der Waals surface area contributed by atoms with Gasteiger partial charge in [-0.1, -0.05) is 42.2 Å². The van der Waals surface area contributed by atoms with Crippen molar-refractivity contribution in [1.82, 2.24) is 4.90 Å². The lowest BCUT2D eigenvalue weighted by molar-refractivity contribution is -0.150. The molecule has 8 nitrogen and oxygen atoms in total. The van der Waals surface area contributed by atoms with Gasteiger partial charge in [0.15, 0.2) is 0 Å². The number of para-hydroxylation sites is 1. The lowest BCUT2D eigenvalue weighted by Gasteiger charge is -2.21. The number of rotatable bonds is 4. The Hall–Kier alpha value is -2.72. The van der Waals surface area contributed by atoms with Gasteiger partial charge in [0.1, 0.15) is 10.4 Å². The van der Waals surface area contributed by atoms with E-state index in [0.29, 0.717) is 11.3 Å². The Morgan fingerprint density at radius 3 is 2.46 bits per heavy atom. The highest BCUT2D eigenvalue weighted by Crippen LogP contribution is 2.44. The Labute approximate surface area is 157 Å². The van der Waals surface area contributed by atoms with Gasteiger partial charge in [-0.05, 0) is 6.07 Å². The van der Waals surface area contributed by atoms with E-state index in [0.717, 1.165) is 16.7 Å². The molecule has 0 aromatic heterocycles. The maximum Gasteiger partial charge on any atom is 0.327 e. The summed E-state index contributed by atoms with van der Waals surface area (Å²) in [4.78, 5) is 50.0. The van der Waals surface area contributed by atoms with Crippen LogP contribution in [0, 0.1) is 0 Å². The van der Waals surface area contributed by atoms with Crippen LogP contribution < -0.4 is 4.90 Å². The lowest BCUT2D eigenvalue weighted by atomic mass is 10.1. The second-order valence-electron chi connectivity index (χ2n) is 5.58. The standard InChI is InChI=1S/C16H12N2O6S2/c1-17-8-5-3-2-4-7(8)11(13(17)21)12-14(22)18(16(25)26-12)9(15(23)24)6-10(19)20/h2-5,9H,6H2,1H3,(H,19,20)(H,23,24)/b12-11+. The van der Waals surface area contributed by atoms with Gasteiger partial charge in [0, 0.05) is 12.6 Å². The van der Waals surface area contributed by atoms with Gasteiger partial charge in [-0.15, -0.1) is 0 Å². The minimum Gasteiger partial charge on any atom is -0.481 e. The summed E-state index contributed by atoms with van der Waals surface area (Å²) in [6.45, 7) is 0. The van der Waals surface area contributed by atoms with Gasteiger partial charge in [0.25, 0.3) is 11.8 Å². The molecule has 1 atom stereocenters. The predicted molar refractivity (Wildman–Crippen MR) is 97.5 cm³/mol. The first-order chi connectivity index (χ1) is 12.2. The minimum absolute atomic E-state index is 0.00781. The Kier molecular flexibility index (Phi) is 4.55. The molecule has 2 N–H and O–H groups in total. The van der Waals surface area contributed by atoms with E-state index < -0.39 is 36.2 Å². The third kappa shape index (κ3) is 2.76. The zero-order valence-corrected chi connectivity index (χ0v) is 15.0. The number of thioether (sulfide) groups is 1. The van der Waals surface area contributed by atoms with E-state index in [-0.39, 0.29) is 14.8 Å². The number of amides is 2. The van der Waals surface area contributed by atoms with Crippen LogP contribution in [0.25, 0.3) is 5.57 Å². The van der Waals surface area contributed by atoms with Crippen LogP contribution in [0.4, 0.5) is 5.69 Å². The average Bonchev–Trinajstić information content (AvgIpc) is 2.99. The number of carboxylic acids is 2. The van der Waals surface area contributed by atoms with Crippen molar-refractivity contribution in [2.75, 3.05) is 11.9 Å². The third-order valence-corrected chi connectivity index (χ3v) is 5.45. The molecule has 0 bridgehead atoms. The molecule has 2 heterocycles. The normalized spacial score (nSPS) is 20.6. The summed E-state index contributed by atoms with van der Waals surface area (Å²) in [6.07, 6.45) is -0.797. The van der Waals surface area contributed by atoms with Crippen LogP contribution in [-0.4, -0.2) is 56.3 Å². The first kappa shape index (κ1) is 18.1. The van der Waals surface area contributed by atoms with Crippen molar-refractivity contribution in [3.63, 3.8) is 0 Å². The van der Waals surface area contributed by atoms with Crippen molar-refractivity contribution < 1.29 is 29.4 Å². The van der Waals surface area contributed by atoms with Gasteiger partial charge in [0.2, 0.25) is 0 Å². The molecule has 134 valence electrons. The van der Waals surface area contributed by atoms with E-state index >= 15 is 0 Å². The lowest BCUT2D eigenvalue weighted by Crippen LogP contribution is -2.45. The molecule has 0 radical (unpaired) electrons. The van der Waals surface area contributed by atoms with E-state index in [2.05, 4.69) is 0 Å². The summed E-state index contributed by atoms with van der Waals surface area (Å²) in [6, 6.07) is 5.25. The van der Waals surface area contributed by atoms with Crippen LogP contribution in [0.1, 0.15) is 12.0 Å². The molecule has 2 amide bonds. The molecule has 1 fully saturated rings. The number of aliphatic carboxylic acids is 2. The van der Waals surface area contributed by atoms with Crippen LogP contribution in [0.3, 0.4) is 0 Å². The van der Waals surface area contributed by atoms with Gasteiger partial charge < -0.3 is 15.1 Å². The first-order valence-electron chi connectivity index (χ1n) is 7.35. The van der Waals surface area contributed by atoms with Gasteiger partial charge in [-0.2, -0.15) is 0 Å². The number of fused-ring (bicyclic) bond motifs is 1. The molecule has 2 aliphatic rings. The fourth-order valence-electron chi connectivity index (χ4n) is 2.84. The SMILES string of the molecule is CN1C(=O)/C(=C2/SC(=S)N(C(CC(=O)O)C(=O)O)C2=O)c2ccccc21. The van der Waals surface area contributed by atoms with E-state index in [1.807, 2.05) is 0 Å². The highest BCUT2D eigenvalue weighted by Gasteiger charge is 2.45. The molecule has 1 saturated heterocycles. The van der Waals surface area contributed by atoms with Crippen molar-refractivity contribution in [3.05, 3.63) is 34.7 Å². The highest BCUT2D eigenvalue weighted by atomic mass is 32.2. The van der Waals surface area contributed by atoms with Crippen LogP contribution >= 0.6 is 24.0 Å². The van der Waals surface area contributed by atoms with Crippen molar-refractivity contribution >= 4 is 63.3 Å². The summed E-state index contributed by atoms with van der Waals surface area (Å²) < 4.78 is -0.0917. The summed E-state index contributed by atoms with van der Waals surface area (Å²) in [5.74, 6) is -4.04. The Balaban J connectivity index is 2.09.